The summed E-state index contributed by atoms with van der Waals surface area (Å²) in [5.74, 6) is -0.625. The van der Waals surface area contributed by atoms with Crippen LogP contribution >= 0.6 is 0 Å². The predicted octanol–water partition coefficient (Wildman–Crippen LogP) is 2.48. The van der Waals surface area contributed by atoms with Crippen LogP contribution < -0.4 is 10.1 Å². The number of H-pyrrole nitrogens is 1. The molecule has 0 spiro atoms. The zero-order valence-corrected chi connectivity index (χ0v) is 13.6. The predicted molar refractivity (Wildman–Crippen MR) is 87.6 cm³/mol. The fourth-order valence-electron chi connectivity index (χ4n) is 2.68. The molecule has 6 nitrogen and oxygen atoms in total. The molecule has 0 radical (unpaired) electrons. The van der Waals surface area contributed by atoms with Gasteiger partial charge in [-0.2, -0.15) is 0 Å². The summed E-state index contributed by atoms with van der Waals surface area (Å²) in [5, 5.41) is 12.9. The Morgan fingerprint density at radius 3 is 2.74 bits per heavy atom. The number of aliphatic carboxylic acids is 1. The van der Waals surface area contributed by atoms with E-state index >= 15 is 0 Å². The molecule has 3 N–H and O–H groups in total. The van der Waals surface area contributed by atoms with Gasteiger partial charge >= 0.3 is 5.97 Å². The third-order valence-corrected chi connectivity index (χ3v) is 3.96. The average Bonchev–Trinajstić information content (AvgIpc) is 2.89. The second-order valence-electron chi connectivity index (χ2n) is 5.84. The normalized spacial score (nSPS) is 13.5. The topological polar surface area (TPSA) is 91.4 Å². The number of nitrogens with one attached hydrogen (secondary N) is 2. The molecule has 23 heavy (non-hydrogen) atoms. The number of methoxy groups -OCH3 is 1. The smallest absolute Gasteiger partial charge is 0.329 e. The summed E-state index contributed by atoms with van der Waals surface area (Å²) in [6.07, 6.45) is 2.94. The van der Waals surface area contributed by atoms with Crippen molar-refractivity contribution in [3.05, 3.63) is 30.0 Å². The van der Waals surface area contributed by atoms with Crippen molar-refractivity contribution in [1.82, 2.24) is 10.3 Å². The van der Waals surface area contributed by atoms with Crippen molar-refractivity contribution in [2.24, 2.45) is 0 Å². The summed E-state index contributed by atoms with van der Waals surface area (Å²) in [5.41, 5.74) is 0.471. The van der Waals surface area contributed by atoms with E-state index in [0.29, 0.717) is 18.6 Å². The molecule has 6 heteroatoms. The van der Waals surface area contributed by atoms with E-state index in [1.165, 1.54) is 6.92 Å². The van der Waals surface area contributed by atoms with Gasteiger partial charge in [0.2, 0.25) is 5.91 Å². The number of hydrogen-bond acceptors (Lipinski definition) is 3. The second-order valence-corrected chi connectivity index (χ2v) is 5.84. The van der Waals surface area contributed by atoms with Crippen LogP contribution in [-0.2, 0) is 16.0 Å². The number of fused-ring (bicyclic) bond motifs is 1. The highest BCUT2D eigenvalue weighted by atomic mass is 16.5. The average molecular weight is 318 g/mol. The highest BCUT2D eigenvalue weighted by Crippen LogP contribution is 2.24. The van der Waals surface area contributed by atoms with Crippen LogP contribution in [0.1, 0.15) is 32.3 Å². The maximum atomic E-state index is 12.3. The van der Waals surface area contributed by atoms with Crippen LogP contribution in [0.5, 0.6) is 5.75 Å². The molecular formula is C17H22N2O4. The van der Waals surface area contributed by atoms with E-state index in [2.05, 4.69) is 10.3 Å². The van der Waals surface area contributed by atoms with Crippen LogP contribution in [0.3, 0.4) is 0 Å². The van der Waals surface area contributed by atoms with Gasteiger partial charge < -0.3 is 20.1 Å². The van der Waals surface area contributed by atoms with Crippen molar-refractivity contribution in [3.63, 3.8) is 0 Å². The molecule has 0 aliphatic rings. The van der Waals surface area contributed by atoms with Gasteiger partial charge in [-0.05, 0) is 37.1 Å². The number of ether oxygens (including phenoxy) is 1. The van der Waals surface area contributed by atoms with Crippen molar-refractivity contribution in [2.75, 3.05) is 7.11 Å². The minimum atomic E-state index is -1.24. The molecule has 0 aliphatic carbocycles. The monoisotopic (exact) mass is 318 g/mol. The molecule has 2 rings (SSSR count). The van der Waals surface area contributed by atoms with Gasteiger partial charge in [-0.25, -0.2) is 4.79 Å². The third-order valence-electron chi connectivity index (χ3n) is 3.96. The van der Waals surface area contributed by atoms with Gasteiger partial charge in [0, 0.05) is 17.1 Å². The molecule has 0 fully saturated rings. The molecule has 0 saturated carbocycles. The number of carbonyl (C=O) groups is 2. The molecule has 0 saturated heterocycles. The summed E-state index contributed by atoms with van der Waals surface area (Å²) in [7, 11) is 1.59. The Kier molecular flexibility index (Phi) is 4.93. The van der Waals surface area contributed by atoms with Gasteiger partial charge in [0.05, 0.1) is 13.5 Å². The number of carboxylic acids is 1. The van der Waals surface area contributed by atoms with Crippen LogP contribution in [0.25, 0.3) is 10.9 Å². The summed E-state index contributed by atoms with van der Waals surface area (Å²) in [4.78, 5) is 26.8. The van der Waals surface area contributed by atoms with Crippen LogP contribution in [0.4, 0.5) is 0 Å². The standard InChI is InChI=1S/C17H22N2O4/c1-4-7-17(2,16(21)22)19-15(20)8-11-10-18-14-6-5-12(23-3)9-13(11)14/h5-6,9-10,18H,4,7-8H2,1-3H3,(H,19,20)(H,21,22). The van der Waals surface area contributed by atoms with E-state index < -0.39 is 11.5 Å². The Bertz CT molecular complexity index is 722. The minimum absolute atomic E-state index is 0.111. The Labute approximate surface area is 134 Å². The molecule has 1 aromatic carbocycles. The van der Waals surface area contributed by atoms with E-state index in [1.807, 2.05) is 25.1 Å². The molecule has 2 aromatic rings. The Morgan fingerprint density at radius 1 is 1.39 bits per heavy atom. The van der Waals surface area contributed by atoms with Crippen LogP contribution in [0.2, 0.25) is 0 Å². The first kappa shape index (κ1) is 16.9. The van der Waals surface area contributed by atoms with Gasteiger partial charge in [0.25, 0.3) is 0 Å². The number of amides is 1. The minimum Gasteiger partial charge on any atom is -0.497 e. The van der Waals surface area contributed by atoms with Gasteiger partial charge in [0.15, 0.2) is 0 Å². The Morgan fingerprint density at radius 2 is 2.13 bits per heavy atom. The summed E-state index contributed by atoms with van der Waals surface area (Å²) >= 11 is 0. The first-order valence-corrected chi connectivity index (χ1v) is 7.58. The van der Waals surface area contributed by atoms with Crippen molar-refractivity contribution >= 4 is 22.8 Å². The molecule has 1 unspecified atom stereocenters. The first-order valence-electron chi connectivity index (χ1n) is 7.58. The fraction of sp³-hybridized carbons (Fsp3) is 0.412. The van der Waals surface area contributed by atoms with Crippen molar-refractivity contribution in [2.45, 2.75) is 38.6 Å². The van der Waals surface area contributed by atoms with E-state index in [0.717, 1.165) is 16.5 Å². The number of rotatable bonds is 7. The number of carbonyl (C=O) groups excluding carboxylic acids is 1. The number of aromatic nitrogens is 1. The summed E-state index contributed by atoms with van der Waals surface area (Å²) in [6.45, 7) is 3.42. The lowest BCUT2D eigenvalue weighted by Gasteiger charge is -2.25. The molecule has 124 valence electrons. The summed E-state index contributed by atoms with van der Waals surface area (Å²) < 4.78 is 5.20. The third kappa shape index (κ3) is 3.64. The van der Waals surface area contributed by atoms with Gasteiger partial charge in [-0.1, -0.05) is 13.3 Å². The lowest BCUT2D eigenvalue weighted by Crippen LogP contribution is -2.52. The summed E-state index contributed by atoms with van der Waals surface area (Å²) in [6, 6.07) is 5.58. The Balaban J connectivity index is 2.18. The maximum Gasteiger partial charge on any atom is 0.329 e. The fourth-order valence-corrected chi connectivity index (χ4v) is 2.68. The van der Waals surface area contributed by atoms with E-state index in [4.69, 9.17) is 4.74 Å². The molecule has 1 heterocycles. The first-order chi connectivity index (χ1) is 10.9. The highest BCUT2D eigenvalue weighted by molar-refractivity contribution is 5.92. The second kappa shape index (κ2) is 6.73. The number of hydrogen-bond donors (Lipinski definition) is 3. The van der Waals surface area contributed by atoms with Crippen molar-refractivity contribution < 1.29 is 19.4 Å². The maximum absolute atomic E-state index is 12.3. The van der Waals surface area contributed by atoms with Crippen molar-refractivity contribution in [1.29, 1.82) is 0 Å². The quantitative estimate of drug-likeness (QED) is 0.731. The van der Waals surface area contributed by atoms with Gasteiger partial charge in [0.1, 0.15) is 11.3 Å². The highest BCUT2D eigenvalue weighted by Gasteiger charge is 2.33. The van der Waals surface area contributed by atoms with Crippen molar-refractivity contribution in [3.8, 4) is 5.75 Å². The number of benzene rings is 1. The van der Waals surface area contributed by atoms with Crippen LogP contribution in [-0.4, -0.2) is 34.6 Å². The molecule has 0 bridgehead atoms. The zero-order valence-electron chi connectivity index (χ0n) is 13.6. The molecule has 0 aliphatic heterocycles. The SMILES string of the molecule is CCCC(C)(NC(=O)Cc1c[nH]c2ccc(OC)cc12)C(=O)O. The van der Waals surface area contributed by atoms with Gasteiger partial charge in [-0.15, -0.1) is 0 Å². The molecule has 1 amide bonds. The van der Waals surface area contributed by atoms with E-state index in [9.17, 15) is 14.7 Å². The zero-order chi connectivity index (χ0) is 17.0. The van der Waals surface area contributed by atoms with Crippen LogP contribution in [0.15, 0.2) is 24.4 Å². The van der Waals surface area contributed by atoms with Gasteiger partial charge in [-0.3, -0.25) is 4.79 Å². The van der Waals surface area contributed by atoms with E-state index in [-0.39, 0.29) is 12.3 Å². The lowest BCUT2D eigenvalue weighted by molar-refractivity contribution is -0.147. The molecule has 1 aromatic heterocycles. The lowest BCUT2D eigenvalue weighted by atomic mass is 9.96. The van der Waals surface area contributed by atoms with E-state index in [1.54, 1.807) is 13.3 Å². The number of carboxylic acid groups (broad SMARTS) is 1. The van der Waals surface area contributed by atoms with Crippen LogP contribution in [0, 0.1) is 0 Å². The Hall–Kier alpha value is -2.50. The number of aromatic amines is 1. The molecular weight excluding hydrogens is 296 g/mol. The molecule has 1 atom stereocenters. The largest absolute Gasteiger partial charge is 0.497 e.